The van der Waals surface area contributed by atoms with Gasteiger partial charge in [-0.2, -0.15) is 0 Å². The second kappa shape index (κ2) is 10.9. The van der Waals surface area contributed by atoms with E-state index in [1.807, 2.05) is 0 Å². The summed E-state index contributed by atoms with van der Waals surface area (Å²) in [6, 6.07) is 0. The van der Waals surface area contributed by atoms with Crippen molar-refractivity contribution in [1.29, 1.82) is 0 Å². The van der Waals surface area contributed by atoms with E-state index in [4.69, 9.17) is 9.47 Å². The number of carbonyl (C=O) groups excluding carboxylic acids is 2. The lowest BCUT2D eigenvalue weighted by molar-refractivity contribution is -0.332. The minimum atomic E-state index is -1.24. The standard InChI is InChI=1S/C34H52O6/c1-22(2)11-12-26-14-16-31(4)20-27(40-23(3)35)30-32(5,25-9-7-6-8-10-25)17-15-28(36)34(26,30)33(31,38)18-13-24-19-29(37)39-21-24/h14,16,19,22,25-28,30,36,38H,6-13,15,17-18,20-21H2,1-5H3. The van der Waals surface area contributed by atoms with Gasteiger partial charge in [0.25, 0.3) is 0 Å². The maximum absolute atomic E-state index is 13.4. The number of carbonyl (C=O) groups is 2. The predicted molar refractivity (Wildman–Crippen MR) is 154 cm³/mol. The second-order valence-electron chi connectivity index (χ2n) is 14.8. The smallest absolute Gasteiger partial charge is 0.331 e. The van der Waals surface area contributed by atoms with Crippen molar-refractivity contribution in [3.05, 3.63) is 23.8 Å². The summed E-state index contributed by atoms with van der Waals surface area (Å²) in [6.07, 6.45) is 15.9. The number of rotatable bonds is 8. The Bertz CT molecular complexity index is 1040. The van der Waals surface area contributed by atoms with Gasteiger partial charge in [0.2, 0.25) is 0 Å². The summed E-state index contributed by atoms with van der Waals surface area (Å²) in [5.41, 5.74) is -2.05. The van der Waals surface area contributed by atoms with Crippen LogP contribution in [0.5, 0.6) is 0 Å². The first-order chi connectivity index (χ1) is 18.9. The van der Waals surface area contributed by atoms with Gasteiger partial charge >= 0.3 is 11.9 Å². The van der Waals surface area contributed by atoms with Crippen LogP contribution in [0.25, 0.3) is 0 Å². The van der Waals surface area contributed by atoms with Crippen LogP contribution in [0.2, 0.25) is 0 Å². The summed E-state index contributed by atoms with van der Waals surface area (Å²) in [4.78, 5) is 24.5. The Morgan fingerprint density at radius 2 is 1.90 bits per heavy atom. The van der Waals surface area contributed by atoms with Gasteiger partial charge < -0.3 is 19.7 Å². The van der Waals surface area contributed by atoms with Crippen molar-refractivity contribution in [2.75, 3.05) is 6.61 Å². The fraction of sp³-hybridized carbons (Fsp3) is 0.824. The lowest BCUT2D eigenvalue weighted by Crippen LogP contribution is -2.79. The maximum Gasteiger partial charge on any atom is 0.331 e. The summed E-state index contributed by atoms with van der Waals surface area (Å²) >= 11 is 0. The van der Waals surface area contributed by atoms with Gasteiger partial charge in [-0.25, -0.2) is 4.79 Å². The SMILES string of the molecule is CC(=O)OC1CC2(C)C=CC(CCC(C)C)C3(C(O)CCC(C)(C4CCCCC4)C13)C2(O)CCC1=CC(=O)OC1. The van der Waals surface area contributed by atoms with Crippen LogP contribution in [-0.2, 0) is 19.1 Å². The largest absolute Gasteiger partial charge is 0.462 e. The van der Waals surface area contributed by atoms with Gasteiger partial charge in [-0.05, 0) is 80.1 Å². The van der Waals surface area contributed by atoms with Crippen LogP contribution >= 0.6 is 0 Å². The molecule has 2 N–H and O–H groups in total. The van der Waals surface area contributed by atoms with E-state index in [1.54, 1.807) is 6.08 Å². The molecule has 2 bridgehead atoms. The first-order valence-electron chi connectivity index (χ1n) is 16.0. The van der Waals surface area contributed by atoms with Gasteiger partial charge in [-0.15, -0.1) is 0 Å². The predicted octanol–water partition coefficient (Wildman–Crippen LogP) is 6.29. The molecule has 0 aromatic heterocycles. The zero-order chi connectivity index (χ0) is 28.9. The average Bonchev–Trinajstić information content (AvgIpc) is 3.32. The Labute approximate surface area is 241 Å². The highest BCUT2D eigenvalue weighted by Crippen LogP contribution is 2.74. The van der Waals surface area contributed by atoms with E-state index in [9.17, 15) is 19.8 Å². The molecule has 4 aliphatic carbocycles. The van der Waals surface area contributed by atoms with Crippen LogP contribution in [-0.4, -0.2) is 46.6 Å². The maximum atomic E-state index is 13.4. The second-order valence-corrected chi connectivity index (χ2v) is 14.8. The minimum Gasteiger partial charge on any atom is -0.462 e. The van der Waals surface area contributed by atoms with E-state index < -0.39 is 22.5 Å². The lowest BCUT2D eigenvalue weighted by atomic mass is 9.32. The number of aliphatic hydroxyl groups is 2. The normalized spacial score (nSPS) is 43.3. The van der Waals surface area contributed by atoms with Gasteiger partial charge in [0.1, 0.15) is 12.7 Å². The van der Waals surface area contributed by atoms with Crippen molar-refractivity contribution < 1.29 is 29.3 Å². The number of allylic oxidation sites excluding steroid dienone is 1. The molecule has 5 aliphatic rings. The van der Waals surface area contributed by atoms with Crippen LogP contribution in [0, 0.1) is 39.9 Å². The molecule has 1 heterocycles. The number of esters is 2. The van der Waals surface area contributed by atoms with Crippen LogP contribution in [0.3, 0.4) is 0 Å². The molecule has 1 aliphatic heterocycles. The Kier molecular flexibility index (Phi) is 8.11. The number of aliphatic hydroxyl groups excluding tert-OH is 1. The molecule has 224 valence electrons. The van der Waals surface area contributed by atoms with Crippen molar-refractivity contribution >= 4 is 11.9 Å². The van der Waals surface area contributed by atoms with Gasteiger partial charge in [-0.1, -0.05) is 65.5 Å². The van der Waals surface area contributed by atoms with E-state index in [0.717, 1.165) is 37.7 Å². The Hall–Kier alpha value is -1.66. The zero-order valence-electron chi connectivity index (χ0n) is 25.4. The highest BCUT2D eigenvalue weighted by molar-refractivity contribution is 5.85. The molecule has 1 spiro atoms. The molecule has 3 saturated carbocycles. The quantitative estimate of drug-likeness (QED) is 0.270. The van der Waals surface area contributed by atoms with Crippen LogP contribution in [0.1, 0.15) is 112 Å². The summed E-state index contributed by atoms with van der Waals surface area (Å²) in [6.45, 7) is 10.7. The molecule has 8 unspecified atom stereocenters. The van der Waals surface area contributed by atoms with Crippen molar-refractivity contribution in [1.82, 2.24) is 0 Å². The van der Waals surface area contributed by atoms with Gasteiger partial charge in [-0.3, -0.25) is 4.79 Å². The molecule has 0 saturated heterocycles. The van der Waals surface area contributed by atoms with Crippen molar-refractivity contribution in [3.63, 3.8) is 0 Å². The lowest BCUT2D eigenvalue weighted by Gasteiger charge is -2.74. The van der Waals surface area contributed by atoms with E-state index in [2.05, 4.69) is 39.8 Å². The Balaban J connectivity index is 1.70. The molecule has 0 radical (unpaired) electrons. The summed E-state index contributed by atoms with van der Waals surface area (Å²) in [5.74, 6) is 0.168. The summed E-state index contributed by atoms with van der Waals surface area (Å²) in [7, 11) is 0. The van der Waals surface area contributed by atoms with Crippen molar-refractivity contribution in [2.24, 2.45) is 39.9 Å². The highest BCUT2D eigenvalue weighted by atomic mass is 16.5. The Morgan fingerprint density at radius 1 is 1.18 bits per heavy atom. The first-order valence-corrected chi connectivity index (χ1v) is 16.0. The van der Waals surface area contributed by atoms with Crippen molar-refractivity contribution in [2.45, 2.75) is 129 Å². The first kappa shape index (κ1) is 29.8. The molecule has 6 heteroatoms. The topological polar surface area (TPSA) is 93.1 Å². The average molecular weight is 557 g/mol. The van der Waals surface area contributed by atoms with Crippen LogP contribution in [0.4, 0.5) is 0 Å². The van der Waals surface area contributed by atoms with Crippen molar-refractivity contribution in [3.8, 4) is 0 Å². The minimum absolute atomic E-state index is 0.0370. The summed E-state index contributed by atoms with van der Waals surface area (Å²) < 4.78 is 11.5. The molecule has 8 atom stereocenters. The third-order valence-electron chi connectivity index (χ3n) is 12.1. The summed E-state index contributed by atoms with van der Waals surface area (Å²) in [5, 5.41) is 25.8. The number of hydrogen-bond donors (Lipinski definition) is 2. The van der Waals surface area contributed by atoms with E-state index in [1.165, 1.54) is 26.2 Å². The number of cyclic esters (lactones) is 1. The molecule has 5 rings (SSSR count). The third-order valence-corrected chi connectivity index (χ3v) is 12.1. The molecule has 6 nitrogen and oxygen atoms in total. The molecular formula is C34H52O6. The fourth-order valence-corrected chi connectivity index (χ4v) is 10.3. The fourth-order valence-electron chi connectivity index (χ4n) is 10.3. The van der Waals surface area contributed by atoms with Crippen LogP contribution < -0.4 is 0 Å². The molecular weight excluding hydrogens is 504 g/mol. The number of hydrogen-bond acceptors (Lipinski definition) is 6. The third kappa shape index (κ3) is 4.60. The molecule has 3 fully saturated rings. The van der Waals surface area contributed by atoms with Gasteiger partial charge in [0.05, 0.1) is 11.7 Å². The van der Waals surface area contributed by atoms with E-state index in [-0.39, 0.29) is 41.9 Å². The monoisotopic (exact) mass is 556 g/mol. The van der Waals surface area contributed by atoms with E-state index >= 15 is 0 Å². The molecule has 40 heavy (non-hydrogen) atoms. The van der Waals surface area contributed by atoms with Crippen LogP contribution in [0.15, 0.2) is 23.8 Å². The zero-order valence-corrected chi connectivity index (χ0v) is 25.4. The molecule has 0 amide bonds. The van der Waals surface area contributed by atoms with Gasteiger partial charge in [0, 0.05) is 29.7 Å². The number of fused-ring (bicyclic) bond motifs is 1. The van der Waals surface area contributed by atoms with E-state index in [0.29, 0.717) is 37.5 Å². The molecule has 0 aromatic rings. The Morgan fingerprint density at radius 3 is 2.52 bits per heavy atom. The highest BCUT2D eigenvalue weighted by Gasteiger charge is 2.77. The molecule has 0 aromatic carbocycles. The van der Waals surface area contributed by atoms with Gasteiger partial charge in [0.15, 0.2) is 0 Å². The number of ether oxygens (including phenoxy) is 2.